The van der Waals surface area contributed by atoms with Crippen molar-refractivity contribution in [3.05, 3.63) is 62.8 Å². The maximum Gasteiger partial charge on any atom is 0.263 e. The van der Waals surface area contributed by atoms with Gasteiger partial charge in [-0.2, -0.15) is 11.3 Å². The fourth-order valence-corrected chi connectivity index (χ4v) is 4.26. The van der Waals surface area contributed by atoms with Gasteiger partial charge in [-0.15, -0.1) is 11.3 Å². The topological polar surface area (TPSA) is 46.4 Å². The van der Waals surface area contributed by atoms with Crippen LogP contribution in [0.15, 0.2) is 41.1 Å². The lowest BCUT2D eigenvalue weighted by Gasteiger charge is -2.08. The van der Waals surface area contributed by atoms with E-state index in [-0.39, 0.29) is 5.91 Å². The van der Waals surface area contributed by atoms with Gasteiger partial charge < -0.3 is 10.2 Å². The molecule has 1 aromatic carbocycles. The molecule has 6 heteroatoms. The molecule has 1 amide bonds. The monoisotopic (exact) mass is 372 g/mol. The average Bonchev–Trinajstić information content (AvgIpc) is 3.23. The summed E-state index contributed by atoms with van der Waals surface area (Å²) in [7, 11) is 4.27. The van der Waals surface area contributed by atoms with Crippen LogP contribution in [0.2, 0.25) is 0 Å². The van der Waals surface area contributed by atoms with Crippen LogP contribution in [-0.2, 0) is 13.1 Å². The highest BCUT2D eigenvalue weighted by atomic mass is 32.1. The van der Waals surface area contributed by atoms with E-state index in [1.807, 2.05) is 18.4 Å². The van der Waals surface area contributed by atoms with Gasteiger partial charge in [-0.3, -0.25) is 4.79 Å². The standard InChI is InChI=1S/C19H21N3OS2/c1-13-17(25-19(21-13)16-8-9-24-12-16)18(23)20-10-14-4-6-15(7-5-14)11-22(2)3/h4-9,12H,10-11H2,1-3H3,(H,20,23)/p+1. The minimum atomic E-state index is -0.0571. The number of nitrogens with zero attached hydrogens (tertiary/aromatic N) is 1. The molecule has 0 spiro atoms. The number of thiazole rings is 1. The lowest BCUT2D eigenvalue weighted by atomic mass is 10.1. The van der Waals surface area contributed by atoms with E-state index in [4.69, 9.17) is 0 Å². The Morgan fingerprint density at radius 1 is 1.16 bits per heavy atom. The summed E-state index contributed by atoms with van der Waals surface area (Å²) in [5, 5.41) is 7.98. The van der Waals surface area contributed by atoms with Gasteiger partial charge in [0.1, 0.15) is 16.4 Å². The summed E-state index contributed by atoms with van der Waals surface area (Å²) in [4.78, 5) is 19.1. The van der Waals surface area contributed by atoms with E-state index in [2.05, 4.69) is 54.0 Å². The molecule has 2 heterocycles. The summed E-state index contributed by atoms with van der Waals surface area (Å²) in [6.45, 7) is 3.41. The van der Waals surface area contributed by atoms with Gasteiger partial charge in [0.25, 0.3) is 5.91 Å². The molecule has 0 unspecified atom stereocenters. The summed E-state index contributed by atoms with van der Waals surface area (Å²) in [6, 6.07) is 10.4. The van der Waals surface area contributed by atoms with Gasteiger partial charge >= 0.3 is 0 Å². The zero-order valence-corrected chi connectivity index (χ0v) is 16.3. The molecule has 0 bridgehead atoms. The third kappa shape index (κ3) is 4.54. The first-order valence-electron chi connectivity index (χ1n) is 8.18. The SMILES string of the molecule is Cc1nc(-c2ccsc2)sc1C(=O)NCc1ccc(C[NH+](C)C)cc1. The second kappa shape index (κ2) is 7.91. The zero-order chi connectivity index (χ0) is 17.8. The molecule has 0 saturated carbocycles. The number of hydrogen-bond acceptors (Lipinski definition) is 4. The van der Waals surface area contributed by atoms with Crippen molar-refractivity contribution in [2.45, 2.75) is 20.0 Å². The molecule has 0 fully saturated rings. The third-order valence-corrected chi connectivity index (χ3v) is 5.69. The Labute approximate surface area is 156 Å². The molecule has 3 aromatic rings. The second-order valence-electron chi connectivity index (χ2n) is 6.33. The molecule has 0 saturated heterocycles. The van der Waals surface area contributed by atoms with Crippen molar-refractivity contribution >= 4 is 28.6 Å². The largest absolute Gasteiger partial charge is 0.347 e. The number of hydrogen-bond donors (Lipinski definition) is 2. The van der Waals surface area contributed by atoms with Crippen molar-refractivity contribution in [1.29, 1.82) is 0 Å². The van der Waals surface area contributed by atoms with E-state index in [1.54, 1.807) is 11.3 Å². The number of rotatable bonds is 6. The highest BCUT2D eigenvalue weighted by molar-refractivity contribution is 7.17. The molecular weight excluding hydrogens is 350 g/mol. The fraction of sp³-hybridized carbons (Fsp3) is 0.263. The molecule has 2 N–H and O–H groups in total. The summed E-state index contributed by atoms with van der Waals surface area (Å²) < 4.78 is 0. The van der Waals surface area contributed by atoms with Crippen molar-refractivity contribution in [1.82, 2.24) is 10.3 Å². The molecule has 0 atom stereocenters. The Bertz CT molecular complexity index is 836. The van der Waals surface area contributed by atoms with Crippen molar-refractivity contribution in [2.75, 3.05) is 14.1 Å². The fourth-order valence-electron chi connectivity index (χ4n) is 2.56. The van der Waals surface area contributed by atoms with Gasteiger partial charge in [-0.25, -0.2) is 4.98 Å². The minimum Gasteiger partial charge on any atom is -0.347 e. The van der Waals surface area contributed by atoms with E-state index in [1.165, 1.54) is 21.8 Å². The number of quaternary nitrogens is 1. The van der Waals surface area contributed by atoms with E-state index < -0.39 is 0 Å². The first-order chi connectivity index (χ1) is 12.0. The minimum absolute atomic E-state index is 0.0571. The Morgan fingerprint density at radius 3 is 2.52 bits per heavy atom. The number of aromatic nitrogens is 1. The number of amides is 1. The molecule has 2 aromatic heterocycles. The van der Waals surface area contributed by atoms with Crippen molar-refractivity contribution in [3.8, 4) is 10.6 Å². The number of thiophene rings is 1. The van der Waals surface area contributed by atoms with Crippen LogP contribution in [0.25, 0.3) is 10.6 Å². The van der Waals surface area contributed by atoms with Gasteiger partial charge in [-0.05, 0) is 23.9 Å². The molecule has 130 valence electrons. The lowest BCUT2D eigenvalue weighted by Crippen LogP contribution is -3.04. The second-order valence-corrected chi connectivity index (χ2v) is 8.11. The molecule has 0 aliphatic rings. The van der Waals surface area contributed by atoms with Gasteiger partial charge in [0, 0.05) is 23.1 Å². The highest BCUT2D eigenvalue weighted by Crippen LogP contribution is 2.29. The summed E-state index contributed by atoms with van der Waals surface area (Å²) in [6.07, 6.45) is 0. The zero-order valence-electron chi connectivity index (χ0n) is 14.6. The molecule has 3 rings (SSSR count). The quantitative estimate of drug-likeness (QED) is 0.699. The molecule has 0 aliphatic carbocycles. The van der Waals surface area contributed by atoms with Crippen LogP contribution in [0.3, 0.4) is 0 Å². The predicted molar refractivity (Wildman–Crippen MR) is 104 cm³/mol. The first-order valence-corrected chi connectivity index (χ1v) is 9.94. The van der Waals surface area contributed by atoms with Crippen molar-refractivity contribution < 1.29 is 9.69 Å². The maximum absolute atomic E-state index is 12.5. The van der Waals surface area contributed by atoms with E-state index >= 15 is 0 Å². The van der Waals surface area contributed by atoms with E-state index in [0.717, 1.165) is 28.4 Å². The number of aryl methyl sites for hydroxylation is 1. The Balaban J connectivity index is 1.63. The van der Waals surface area contributed by atoms with Crippen molar-refractivity contribution in [2.24, 2.45) is 0 Å². The number of carbonyl (C=O) groups excluding carboxylic acids is 1. The Hall–Kier alpha value is -2.02. The van der Waals surface area contributed by atoms with Crippen molar-refractivity contribution in [3.63, 3.8) is 0 Å². The average molecular weight is 373 g/mol. The molecule has 0 aliphatic heterocycles. The Morgan fingerprint density at radius 2 is 1.88 bits per heavy atom. The molecular formula is C19H22N3OS2+. The van der Waals surface area contributed by atoms with Crippen LogP contribution in [-0.4, -0.2) is 25.0 Å². The van der Waals surface area contributed by atoms with E-state index in [9.17, 15) is 4.79 Å². The number of carbonyl (C=O) groups is 1. The van der Waals surface area contributed by atoms with Gasteiger partial charge in [0.05, 0.1) is 19.8 Å². The summed E-state index contributed by atoms with van der Waals surface area (Å²) in [5.74, 6) is -0.0571. The van der Waals surface area contributed by atoms with Gasteiger partial charge in [0.15, 0.2) is 0 Å². The number of nitrogens with one attached hydrogen (secondary N) is 2. The Kier molecular flexibility index (Phi) is 5.63. The maximum atomic E-state index is 12.5. The third-order valence-electron chi connectivity index (χ3n) is 3.80. The van der Waals surface area contributed by atoms with Crippen LogP contribution in [0.5, 0.6) is 0 Å². The molecule has 4 nitrogen and oxygen atoms in total. The normalized spacial score (nSPS) is 11.0. The van der Waals surface area contributed by atoms with Crippen LogP contribution < -0.4 is 10.2 Å². The molecule has 0 radical (unpaired) electrons. The van der Waals surface area contributed by atoms with Crippen LogP contribution in [0, 0.1) is 6.92 Å². The first kappa shape index (κ1) is 17.8. The van der Waals surface area contributed by atoms with Gasteiger partial charge in [-0.1, -0.05) is 24.3 Å². The van der Waals surface area contributed by atoms with E-state index in [0.29, 0.717) is 11.4 Å². The van der Waals surface area contributed by atoms with Crippen LogP contribution in [0.4, 0.5) is 0 Å². The summed E-state index contributed by atoms with van der Waals surface area (Å²) in [5.41, 5.74) is 4.27. The summed E-state index contributed by atoms with van der Waals surface area (Å²) >= 11 is 3.09. The smallest absolute Gasteiger partial charge is 0.263 e. The highest BCUT2D eigenvalue weighted by Gasteiger charge is 2.16. The lowest BCUT2D eigenvalue weighted by molar-refractivity contribution is -0.872. The predicted octanol–water partition coefficient (Wildman–Crippen LogP) is 2.75. The van der Waals surface area contributed by atoms with Crippen LogP contribution >= 0.6 is 22.7 Å². The molecule has 25 heavy (non-hydrogen) atoms. The van der Waals surface area contributed by atoms with Gasteiger partial charge in [0.2, 0.25) is 0 Å². The number of benzene rings is 1. The van der Waals surface area contributed by atoms with Crippen LogP contribution in [0.1, 0.15) is 26.5 Å².